The molecule has 0 aliphatic carbocycles. The minimum Gasteiger partial charge on any atom is -0.147 e. The predicted molar refractivity (Wildman–Crippen MR) is 71.2 cm³/mol. The number of aryl methyl sites for hydroxylation is 2. The van der Waals surface area contributed by atoms with E-state index in [2.05, 4.69) is 22.5 Å². The van der Waals surface area contributed by atoms with Gasteiger partial charge in [0.1, 0.15) is 0 Å². The van der Waals surface area contributed by atoms with E-state index in [1.54, 1.807) is 0 Å². The molecule has 0 aliphatic rings. The first-order chi connectivity index (χ1) is 6.59. The molecule has 1 heterocycles. The molecule has 0 bridgehead atoms. The largest absolute Gasteiger partial charge is 0.147 e. The van der Waals surface area contributed by atoms with E-state index in [1.165, 1.54) is 17.2 Å². The van der Waals surface area contributed by atoms with E-state index in [1.807, 2.05) is 13.1 Å². The summed E-state index contributed by atoms with van der Waals surface area (Å²) in [6.45, 7) is 1.94. The van der Waals surface area contributed by atoms with Crippen molar-refractivity contribution >= 4 is 32.7 Å². The van der Waals surface area contributed by atoms with Crippen molar-refractivity contribution in [1.29, 1.82) is 0 Å². The summed E-state index contributed by atoms with van der Waals surface area (Å²) in [6, 6.07) is 2.06. The molecule has 0 saturated carbocycles. The Morgan fingerprint density at radius 1 is 1.40 bits per heavy atom. The van der Waals surface area contributed by atoms with Gasteiger partial charge in [-0.3, -0.25) is 0 Å². The van der Waals surface area contributed by atoms with Gasteiger partial charge in [0.25, 0.3) is 0 Å². The maximum Gasteiger partial charge on any atom is -0.147 e. The quantitative estimate of drug-likeness (QED) is 0.866. The van der Waals surface area contributed by atoms with E-state index in [-0.39, 0.29) is 12.4 Å². The van der Waals surface area contributed by atoms with Crippen LogP contribution in [-0.4, -0.2) is 19.6 Å². The second kappa shape index (κ2) is 7.13. The van der Waals surface area contributed by atoms with Crippen LogP contribution in [-0.2, 0) is 6.42 Å². The average molecular weight is 291 g/mol. The van der Waals surface area contributed by atoms with Gasteiger partial charge in [-0.05, 0) is 0 Å². The summed E-state index contributed by atoms with van der Waals surface area (Å²) < 4.78 is 0. The Bertz CT molecular complexity index is 303. The molecule has 4 heteroatoms. The Morgan fingerprint density at radius 3 is 2.60 bits per heavy atom. The maximum atomic E-state index is 5.80. The van der Waals surface area contributed by atoms with Gasteiger partial charge in [-0.1, -0.05) is 0 Å². The fraction of sp³-hybridized carbons (Fsp3) is 0.545. The monoisotopic (exact) mass is 290 g/mol. The van der Waals surface area contributed by atoms with Gasteiger partial charge >= 0.3 is 91.0 Å². The molecule has 1 aromatic heterocycles. The molecule has 0 aromatic carbocycles. The Hall–Kier alpha value is -0.202. The summed E-state index contributed by atoms with van der Waals surface area (Å²) in [6.07, 6.45) is 4.37. The molecule has 1 rings (SSSR count). The van der Waals surface area contributed by atoms with Gasteiger partial charge < -0.3 is 0 Å². The minimum atomic E-state index is -0.444. The summed E-state index contributed by atoms with van der Waals surface area (Å²) in [5.74, 6) is 0. The van der Waals surface area contributed by atoms with Crippen molar-refractivity contribution in [2.24, 2.45) is 0 Å². The first kappa shape index (κ1) is 14.8. The molecule has 0 atom stereocenters. The molecule has 0 fully saturated rings. The zero-order valence-electron chi connectivity index (χ0n) is 9.66. The molecule has 0 unspecified atom stereocenters. The molecular weight excluding hydrogens is 271 g/mol. The Morgan fingerprint density at radius 2 is 2.07 bits per heavy atom. The maximum absolute atomic E-state index is 5.80. The predicted octanol–water partition coefficient (Wildman–Crippen LogP) is 3.08. The first-order valence-electron chi connectivity index (χ1n) is 4.95. The van der Waals surface area contributed by atoms with Gasteiger partial charge in [-0.25, -0.2) is 0 Å². The van der Waals surface area contributed by atoms with Crippen molar-refractivity contribution in [3.8, 4) is 0 Å². The molecule has 0 radical (unpaired) electrons. The number of nitrogens with two attached hydrogens (primary N) is 1. The van der Waals surface area contributed by atoms with Gasteiger partial charge in [-0.15, -0.1) is 12.4 Å². The van der Waals surface area contributed by atoms with Crippen LogP contribution in [0.15, 0.2) is 12.3 Å². The van der Waals surface area contributed by atoms with Gasteiger partial charge in [0, 0.05) is 0 Å². The Balaban J connectivity index is 0.00000196. The molecule has 2 nitrogen and oxygen atoms in total. The Labute approximate surface area is 103 Å². The summed E-state index contributed by atoms with van der Waals surface area (Å²) >= 11 is -0.444. The van der Waals surface area contributed by atoms with Crippen molar-refractivity contribution < 1.29 is 0 Å². The van der Waals surface area contributed by atoms with E-state index in [9.17, 15) is 0 Å². The fourth-order valence-electron chi connectivity index (χ4n) is 1.33. The Kier molecular flexibility index (Phi) is 7.04. The molecule has 1 aromatic rings. The second-order valence-corrected chi connectivity index (χ2v) is 9.39. The fourth-order valence-corrected chi connectivity index (χ4v) is 2.99. The van der Waals surface area contributed by atoms with E-state index in [0.29, 0.717) is 0 Å². The SMILES string of the molecule is Cc1ncc(CCC[As](C)C)cc1N.Cl. The van der Waals surface area contributed by atoms with Crippen molar-refractivity contribution in [3.05, 3.63) is 23.5 Å². The van der Waals surface area contributed by atoms with Crippen LogP contribution in [0, 0.1) is 6.92 Å². The molecule has 15 heavy (non-hydrogen) atoms. The number of aromatic nitrogens is 1. The third-order valence-corrected chi connectivity index (χ3v) is 4.79. The molecule has 0 saturated heterocycles. The van der Waals surface area contributed by atoms with Crippen molar-refractivity contribution in [3.63, 3.8) is 0 Å². The standard InChI is InChI=1S/C11H19AsN2.ClH/c1-9-11(13)7-10(8-14-9)5-4-6-12(2)3;/h7-8H,4-6,13H2,1-3H3;1H. The normalized spacial score (nSPS) is 10.1. The summed E-state index contributed by atoms with van der Waals surface area (Å²) in [4.78, 5) is 4.26. The van der Waals surface area contributed by atoms with Crippen LogP contribution in [0.3, 0.4) is 0 Å². The number of rotatable bonds is 4. The average Bonchev–Trinajstić information content (AvgIpc) is 2.10. The van der Waals surface area contributed by atoms with Crippen LogP contribution in [0.25, 0.3) is 0 Å². The first-order valence-corrected chi connectivity index (χ1v) is 10.0. The van der Waals surface area contributed by atoms with Crippen LogP contribution < -0.4 is 5.73 Å². The molecular formula is C11H20AsClN2. The summed E-state index contributed by atoms with van der Waals surface area (Å²) in [5.41, 5.74) is 13.6. The zero-order valence-corrected chi connectivity index (χ0v) is 12.3. The van der Waals surface area contributed by atoms with Crippen LogP contribution in [0.2, 0.25) is 16.6 Å². The number of nitrogen functional groups attached to an aromatic ring is 1. The molecule has 0 amide bonds. The van der Waals surface area contributed by atoms with Crippen LogP contribution >= 0.6 is 12.4 Å². The number of halogens is 1. The van der Waals surface area contributed by atoms with Crippen molar-refractivity contribution in [2.75, 3.05) is 5.73 Å². The van der Waals surface area contributed by atoms with Crippen molar-refractivity contribution in [2.45, 2.75) is 36.4 Å². The van der Waals surface area contributed by atoms with Gasteiger partial charge in [-0.2, -0.15) is 0 Å². The van der Waals surface area contributed by atoms with Gasteiger partial charge in [0.05, 0.1) is 0 Å². The zero-order chi connectivity index (χ0) is 10.6. The number of hydrogen-bond acceptors (Lipinski definition) is 2. The van der Waals surface area contributed by atoms with Crippen LogP contribution in [0.5, 0.6) is 0 Å². The van der Waals surface area contributed by atoms with Crippen LogP contribution in [0.1, 0.15) is 17.7 Å². The summed E-state index contributed by atoms with van der Waals surface area (Å²) in [7, 11) is 0. The van der Waals surface area contributed by atoms with E-state index < -0.39 is 14.7 Å². The molecule has 0 spiro atoms. The number of hydrogen-bond donors (Lipinski definition) is 1. The minimum absolute atomic E-state index is 0. The van der Waals surface area contributed by atoms with E-state index >= 15 is 0 Å². The molecule has 0 aliphatic heterocycles. The van der Waals surface area contributed by atoms with Crippen molar-refractivity contribution in [1.82, 2.24) is 4.98 Å². The third kappa shape index (κ3) is 5.44. The smallest absolute Gasteiger partial charge is 0.147 e. The van der Waals surface area contributed by atoms with Crippen LogP contribution in [0.4, 0.5) is 5.69 Å². The van der Waals surface area contributed by atoms with Gasteiger partial charge in [0.2, 0.25) is 0 Å². The van der Waals surface area contributed by atoms with E-state index in [4.69, 9.17) is 5.73 Å². The molecule has 86 valence electrons. The number of nitrogens with zero attached hydrogens (tertiary/aromatic N) is 1. The second-order valence-electron chi connectivity index (χ2n) is 3.93. The third-order valence-electron chi connectivity index (χ3n) is 2.25. The topological polar surface area (TPSA) is 38.9 Å². The van der Waals surface area contributed by atoms with Gasteiger partial charge in [0.15, 0.2) is 0 Å². The van der Waals surface area contributed by atoms with E-state index in [0.717, 1.165) is 17.8 Å². The number of pyridine rings is 1. The number of anilines is 1. The summed E-state index contributed by atoms with van der Waals surface area (Å²) in [5, 5.41) is 1.42. The molecule has 2 N–H and O–H groups in total.